The monoisotopic (exact) mass is 508 g/mol. The van der Waals surface area contributed by atoms with Crippen LogP contribution in [0.15, 0.2) is 78.4 Å². The van der Waals surface area contributed by atoms with Gasteiger partial charge in [-0.05, 0) is 23.8 Å². The number of methoxy groups -OCH3 is 1. The summed E-state index contributed by atoms with van der Waals surface area (Å²) in [7, 11) is 1.42. The van der Waals surface area contributed by atoms with Crippen molar-refractivity contribution in [1.29, 1.82) is 0 Å². The van der Waals surface area contributed by atoms with E-state index >= 15 is 0 Å². The van der Waals surface area contributed by atoms with Gasteiger partial charge in [0.25, 0.3) is 0 Å². The normalized spacial score (nSPS) is 15.1. The number of carbonyl (C=O) groups excluding carboxylic acids is 1. The molecular formula is C26H21ClN2O5S. The zero-order valence-electron chi connectivity index (χ0n) is 18.6. The highest BCUT2D eigenvalue weighted by Crippen LogP contribution is 2.43. The molecule has 1 aliphatic heterocycles. The summed E-state index contributed by atoms with van der Waals surface area (Å²) in [5, 5.41) is 16.1. The largest absolute Gasteiger partial charge is 0.493 e. The summed E-state index contributed by atoms with van der Waals surface area (Å²) in [4.78, 5) is 25.2. The van der Waals surface area contributed by atoms with E-state index in [0.29, 0.717) is 27.4 Å². The molecule has 0 radical (unpaired) electrons. The van der Waals surface area contributed by atoms with Crippen LogP contribution in [-0.4, -0.2) is 35.7 Å². The molecule has 0 unspecified atom stereocenters. The Morgan fingerprint density at radius 2 is 1.71 bits per heavy atom. The van der Waals surface area contributed by atoms with Crippen LogP contribution in [0.4, 0.5) is 0 Å². The first-order valence-corrected chi connectivity index (χ1v) is 11.4. The van der Waals surface area contributed by atoms with Crippen molar-refractivity contribution in [3.05, 3.63) is 100 Å². The maximum absolute atomic E-state index is 13.9. The van der Waals surface area contributed by atoms with Crippen LogP contribution < -0.4 is 20.1 Å². The van der Waals surface area contributed by atoms with Gasteiger partial charge in [-0.1, -0.05) is 72.3 Å². The van der Waals surface area contributed by atoms with Gasteiger partial charge in [-0.15, -0.1) is 0 Å². The Morgan fingerprint density at radius 1 is 1.06 bits per heavy atom. The van der Waals surface area contributed by atoms with Gasteiger partial charge in [0.15, 0.2) is 29.0 Å². The van der Waals surface area contributed by atoms with Crippen molar-refractivity contribution in [2.75, 3.05) is 13.7 Å². The second-order valence-electron chi connectivity index (χ2n) is 7.59. The summed E-state index contributed by atoms with van der Waals surface area (Å²) in [6.45, 7) is -0.613. The first kappa shape index (κ1) is 24.3. The van der Waals surface area contributed by atoms with Crippen molar-refractivity contribution in [3.63, 3.8) is 0 Å². The molecule has 1 atom stereocenters. The molecule has 0 saturated heterocycles. The van der Waals surface area contributed by atoms with Crippen LogP contribution in [0.3, 0.4) is 0 Å². The molecule has 0 amide bonds. The molecule has 3 N–H and O–H groups in total. The molecule has 0 bridgehead atoms. The number of halogens is 1. The number of ketones is 1. The maximum atomic E-state index is 13.9. The van der Waals surface area contributed by atoms with E-state index in [9.17, 15) is 14.7 Å². The predicted octanol–water partition coefficient (Wildman–Crippen LogP) is 4.63. The van der Waals surface area contributed by atoms with Crippen molar-refractivity contribution >= 4 is 46.4 Å². The second kappa shape index (κ2) is 10.6. The van der Waals surface area contributed by atoms with Crippen molar-refractivity contribution in [2.24, 2.45) is 0 Å². The maximum Gasteiger partial charge on any atom is 0.341 e. The summed E-state index contributed by atoms with van der Waals surface area (Å²) < 4.78 is 11.0. The van der Waals surface area contributed by atoms with Crippen molar-refractivity contribution in [2.45, 2.75) is 6.04 Å². The van der Waals surface area contributed by atoms with Crippen LogP contribution in [0, 0.1) is 0 Å². The smallest absolute Gasteiger partial charge is 0.341 e. The molecular weight excluding hydrogens is 488 g/mol. The van der Waals surface area contributed by atoms with Gasteiger partial charge < -0.3 is 25.2 Å². The Morgan fingerprint density at radius 3 is 2.34 bits per heavy atom. The summed E-state index contributed by atoms with van der Waals surface area (Å²) in [6.07, 6.45) is 0. The Kier molecular flexibility index (Phi) is 7.33. The molecule has 178 valence electrons. The number of carboxylic acids is 1. The number of rotatable bonds is 8. The number of aliphatic carboxylic acids is 1. The number of carboxylic acid groups (broad SMARTS) is 1. The third-order valence-corrected chi connectivity index (χ3v) is 5.77. The van der Waals surface area contributed by atoms with E-state index in [0.717, 1.165) is 5.56 Å². The molecule has 7 nitrogen and oxygen atoms in total. The first-order valence-electron chi connectivity index (χ1n) is 10.6. The number of benzene rings is 3. The summed E-state index contributed by atoms with van der Waals surface area (Å²) in [5.41, 5.74) is 2.52. The number of carbonyl (C=O) groups is 2. The second-order valence-corrected chi connectivity index (χ2v) is 8.43. The lowest BCUT2D eigenvalue weighted by molar-refractivity contribution is -0.139. The molecule has 9 heteroatoms. The van der Waals surface area contributed by atoms with Crippen molar-refractivity contribution < 1.29 is 24.2 Å². The lowest BCUT2D eigenvalue weighted by Gasteiger charge is -2.33. The lowest BCUT2D eigenvalue weighted by atomic mass is 9.87. The standard InChI is InChI=1S/C26H21ClN2O5S/c1-33-19-13-17(27)12-18(25(19)34-14-20(30)31)23-21(24(32)16-10-6-3-7-11-16)22(28-26(35)29-23)15-8-4-2-5-9-15/h2-13,23H,14H2,1H3,(H,30,31)(H2,28,29,35)/t23-/m0/s1. The molecule has 1 heterocycles. The minimum absolute atomic E-state index is 0.146. The van der Waals surface area contributed by atoms with Gasteiger partial charge in [-0.3, -0.25) is 4.79 Å². The quantitative estimate of drug-likeness (QED) is 0.299. The third kappa shape index (κ3) is 5.29. The Balaban J connectivity index is 1.98. The first-order chi connectivity index (χ1) is 16.9. The minimum Gasteiger partial charge on any atom is -0.493 e. The Labute approximate surface area is 212 Å². The number of ether oxygens (including phenoxy) is 2. The van der Waals surface area contributed by atoms with Crippen LogP contribution in [0.2, 0.25) is 5.02 Å². The van der Waals surface area contributed by atoms with Crippen LogP contribution in [0.1, 0.15) is 27.5 Å². The van der Waals surface area contributed by atoms with Gasteiger partial charge in [-0.2, -0.15) is 0 Å². The number of hydrogen-bond donors (Lipinski definition) is 3. The van der Waals surface area contributed by atoms with Gasteiger partial charge in [0.05, 0.1) is 24.4 Å². The van der Waals surface area contributed by atoms with Gasteiger partial charge in [0.1, 0.15) is 0 Å². The van der Waals surface area contributed by atoms with Crippen LogP contribution in [0.5, 0.6) is 11.5 Å². The molecule has 0 saturated carbocycles. The van der Waals surface area contributed by atoms with Crippen LogP contribution in [-0.2, 0) is 4.79 Å². The van der Waals surface area contributed by atoms with Gasteiger partial charge >= 0.3 is 5.97 Å². The number of thiocarbonyl (C=S) groups is 1. The predicted molar refractivity (Wildman–Crippen MR) is 137 cm³/mol. The van der Waals surface area contributed by atoms with E-state index in [2.05, 4.69) is 10.6 Å². The van der Waals surface area contributed by atoms with Crippen molar-refractivity contribution in [1.82, 2.24) is 10.6 Å². The summed E-state index contributed by atoms with van der Waals surface area (Å²) in [6, 6.07) is 20.5. The highest BCUT2D eigenvalue weighted by molar-refractivity contribution is 7.80. The Hall–Kier alpha value is -3.88. The fourth-order valence-electron chi connectivity index (χ4n) is 3.86. The van der Waals surface area contributed by atoms with E-state index in [1.165, 1.54) is 13.2 Å². The molecule has 3 aromatic carbocycles. The van der Waals surface area contributed by atoms with Crippen LogP contribution >= 0.6 is 23.8 Å². The third-order valence-electron chi connectivity index (χ3n) is 5.33. The molecule has 0 spiro atoms. The lowest BCUT2D eigenvalue weighted by Crippen LogP contribution is -2.45. The summed E-state index contributed by atoms with van der Waals surface area (Å²) >= 11 is 11.9. The Bertz CT molecular complexity index is 1310. The molecule has 35 heavy (non-hydrogen) atoms. The number of nitrogens with one attached hydrogen (secondary N) is 2. The van der Waals surface area contributed by atoms with Gasteiger partial charge in [0.2, 0.25) is 0 Å². The van der Waals surface area contributed by atoms with E-state index in [4.69, 9.17) is 33.3 Å². The number of hydrogen-bond acceptors (Lipinski definition) is 5. The van der Waals surface area contributed by atoms with Crippen LogP contribution in [0.25, 0.3) is 5.70 Å². The zero-order chi connectivity index (χ0) is 24.9. The zero-order valence-corrected chi connectivity index (χ0v) is 20.2. The molecule has 3 aromatic rings. The minimum atomic E-state index is -1.16. The topological polar surface area (TPSA) is 96.9 Å². The van der Waals surface area contributed by atoms with Gasteiger partial charge in [0, 0.05) is 22.2 Å². The highest BCUT2D eigenvalue weighted by atomic mass is 35.5. The fraction of sp³-hybridized carbons (Fsp3) is 0.115. The fourth-order valence-corrected chi connectivity index (χ4v) is 4.30. The summed E-state index contributed by atoms with van der Waals surface area (Å²) in [5.74, 6) is -1.04. The van der Waals surface area contributed by atoms with E-state index in [1.807, 2.05) is 36.4 Å². The van der Waals surface area contributed by atoms with E-state index in [1.54, 1.807) is 30.3 Å². The molecule has 1 aliphatic rings. The molecule has 0 aromatic heterocycles. The van der Waals surface area contributed by atoms with E-state index < -0.39 is 18.6 Å². The van der Waals surface area contributed by atoms with E-state index in [-0.39, 0.29) is 22.4 Å². The highest BCUT2D eigenvalue weighted by Gasteiger charge is 2.35. The van der Waals surface area contributed by atoms with Crippen molar-refractivity contribution in [3.8, 4) is 11.5 Å². The SMILES string of the molecule is COc1cc(Cl)cc([C@@H]2NC(=S)NC(c3ccccc3)=C2C(=O)c2ccccc2)c1OCC(=O)O. The average Bonchev–Trinajstić information content (AvgIpc) is 2.87. The molecule has 0 fully saturated rings. The molecule has 4 rings (SSSR count). The average molecular weight is 509 g/mol. The number of Topliss-reactive ketones (excluding diaryl/α,β-unsaturated/α-hetero) is 1. The molecule has 0 aliphatic carbocycles. The van der Waals surface area contributed by atoms with Gasteiger partial charge in [-0.25, -0.2) is 4.79 Å².